The van der Waals surface area contributed by atoms with Crippen LogP contribution in [0.4, 0.5) is 0 Å². The second-order valence-electron chi connectivity index (χ2n) is 11.2. The lowest BCUT2D eigenvalue weighted by Gasteiger charge is -2.26. The minimum Gasteiger partial charge on any atom is -0.508 e. The molecule has 0 bridgehead atoms. The molecule has 0 saturated carbocycles. The van der Waals surface area contributed by atoms with Gasteiger partial charge in [-0.3, -0.25) is 0 Å². The van der Waals surface area contributed by atoms with Crippen LogP contribution < -0.4 is 0 Å². The van der Waals surface area contributed by atoms with Crippen LogP contribution in [0.1, 0.15) is 134 Å². The second-order valence-corrected chi connectivity index (χ2v) is 11.2. The van der Waals surface area contributed by atoms with Crippen LogP contribution in [0.15, 0.2) is 42.5 Å². The monoisotopic (exact) mass is 494 g/mol. The molecule has 0 spiro atoms. The Balaban J connectivity index is 1.73. The number of phenolic OH excluding ortho intramolecular Hbond substituents is 1. The van der Waals surface area contributed by atoms with Gasteiger partial charge >= 0.3 is 5.97 Å². The Bertz CT molecular complexity index is 880. The average molecular weight is 495 g/mol. The topological polar surface area (TPSA) is 46.5 Å². The van der Waals surface area contributed by atoms with Gasteiger partial charge in [-0.1, -0.05) is 141 Å². The van der Waals surface area contributed by atoms with Crippen molar-refractivity contribution in [1.29, 1.82) is 0 Å². The lowest BCUT2D eigenvalue weighted by atomic mass is 9.79. The Morgan fingerprint density at radius 1 is 0.722 bits per heavy atom. The fraction of sp³-hybridized carbons (Fsp3) is 0.606. The van der Waals surface area contributed by atoms with Gasteiger partial charge < -0.3 is 9.84 Å². The SMILES string of the molecule is CCCCCCCCCCCCCCCCOC(=O)c1ccc(O)c(C(C)(C)C)c1-c1ccccc1. The zero-order valence-electron chi connectivity index (χ0n) is 23.4. The van der Waals surface area contributed by atoms with E-state index in [0.717, 1.165) is 29.5 Å². The Morgan fingerprint density at radius 2 is 1.22 bits per heavy atom. The van der Waals surface area contributed by atoms with E-state index < -0.39 is 0 Å². The van der Waals surface area contributed by atoms with Crippen LogP contribution in [-0.4, -0.2) is 17.7 Å². The van der Waals surface area contributed by atoms with Crippen molar-refractivity contribution in [2.24, 2.45) is 0 Å². The Hall–Kier alpha value is -2.29. The molecule has 2 rings (SSSR count). The molecule has 3 heteroatoms. The summed E-state index contributed by atoms with van der Waals surface area (Å²) in [7, 11) is 0. The number of carbonyl (C=O) groups is 1. The first-order chi connectivity index (χ1) is 17.4. The van der Waals surface area contributed by atoms with Crippen LogP contribution in [0.2, 0.25) is 0 Å². The maximum absolute atomic E-state index is 13.1. The van der Waals surface area contributed by atoms with E-state index in [0.29, 0.717) is 12.2 Å². The molecule has 0 amide bonds. The fourth-order valence-electron chi connectivity index (χ4n) is 4.96. The minimum atomic E-state index is -0.319. The molecule has 0 atom stereocenters. The molecule has 2 aromatic carbocycles. The van der Waals surface area contributed by atoms with Crippen molar-refractivity contribution in [2.75, 3.05) is 6.61 Å². The first kappa shape index (κ1) is 29.9. The maximum atomic E-state index is 13.1. The number of esters is 1. The number of benzene rings is 2. The van der Waals surface area contributed by atoms with E-state index in [-0.39, 0.29) is 17.1 Å². The maximum Gasteiger partial charge on any atom is 0.338 e. The van der Waals surface area contributed by atoms with Crippen molar-refractivity contribution >= 4 is 5.97 Å². The molecule has 2 aromatic rings. The minimum absolute atomic E-state index is 0.213. The first-order valence-electron chi connectivity index (χ1n) is 14.4. The van der Waals surface area contributed by atoms with Crippen LogP contribution in [0.5, 0.6) is 5.75 Å². The van der Waals surface area contributed by atoms with Gasteiger partial charge in [0.1, 0.15) is 5.75 Å². The van der Waals surface area contributed by atoms with E-state index in [2.05, 4.69) is 27.7 Å². The van der Waals surface area contributed by atoms with Crippen LogP contribution in [-0.2, 0) is 10.2 Å². The van der Waals surface area contributed by atoms with E-state index in [9.17, 15) is 9.90 Å². The van der Waals surface area contributed by atoms with E-state index >= 15 is 0 Å². The molecule has 1 N–H and O–H groups in total. The van der Waals surface area contributed by atoms with E-state index in [4.69, 9.17) is 4.74 Å². The fourth-order valence-corrected chi connectivity index (χ4v) is 4.96. The zero-order chi connectivity index (χ0) is 26.2. The van der Waals surface area contributed by atoms with Gasteiger partial charge in [0.05, 0.1) is 12.2 Å². The van der Waals surface area contributed by atoms with Gasteiger partial charge in [-0.2, -0.15) is 0 Å². The van der Waals surface area contributed by atoms with E-state index in [1.807, 2.05) is 30.3 Å². The lowest BCUT2D eigenvalue weighted by molar-refractivity contribution is 0.0498. The summed E-state index contributed by atoms with van der Waals surface area (Å²) in [5, 5.41) is 10.7. The smallest absolute Gasteiger partial charge is 0.338 e. The second kappa shape index (κ2) is 16.5. The lowest BCUT2D eigenvalue weighted by Crippen LogP contribution is -2.17. The predicted molar refractivity (Wildman–Crippen MR) is 153 cm³/mol. The quantitative estimate of drug-likeness (QED) is 0.176. The van der Waals surface area contributed by atoms with Crippen molar-refractivity contribution in [3.05, 3.63) is 53.6 Å². The molecular weight excluding hydrogens is 444 g/mol. The Labute approximate surface area is 220 Å². The Morgan fingerprint density at radius 3 is 1.72 bits per heavy atom. The van der Waals surface area contributed by atoms with E-state index in [1.54, 1.807) is 12.1 Å². The predicted octanol–water partition coefficient (Wildman–Crippen LogP) is 9.99. The van der Waals surface area contributed by atoms with Gasteiger partial charge in [-0.25, -0.2) is 4.79 Å². The average Bonchev–Trinajstić information content (AvgIpc) is 2.85. The van der Waals surface area contributed by atoms with Gasteiger partial charge in [-0.05, 0) is 29.5 Å². The molecule has 0 aliphatic carbocycles. The summed E-state index contributed by atoms with van der Waals surface area (Å²) in [4.78, 5) is 13.1. The number of ether oxygens (including phenoxy) is 1. The van der Waals surface area contributed by atoms with Gasteiger partial charge in [0, 0.05) is 11.1 Å². The number of phenols is 1. The number of carbonyl (C=O) groups excluding carboxylic acids is 1. The summed E-state index contributed by atoms with van der Waals surface area (Å²) < 4.78 is 5.68. The molecule has 0 fully saturated rings. The number of rotatable bonds is 17. The summed E-state index contributed by atoms with van der Waals surface area (Å²) in [6.07, 6.45) is 18.3. The standard InChI is InChI=1S/C33H50O3/c1-5-6-7-8-9-10-11-12-13-14-15-16-17-21-26-36-32(35)28-24-25-29(34)31(33(2,3)4)30(28)27-22-19-18-20-23-27/h18-20,22-25,34H,5-17,21,26H2,1-4H3. The highest BCUT2D eigenvalue weighted by Gasteiger charge is 2.27. The Kier molecular flexibility index (Phi) is 13.7. The van der Waals surface area contributed by atoms with Gasteiger partial charge in [-0.15, -0.1) is 0 Å². The summed E-state index contributed by atoms with van der Waals surface area (Å²) in [6.45, 7) is 8.87. The summed E-state index contributed by atoms with van der Waals surface area (Å²) in [6, 6.07) is 13.1. The molecule has 0 unspecified atom stereocenters. The molecule has 0 radical (unpaired) electrons. The third kappa shape index (κ3) is 10.4. The highest BCUT2D eigenvalue weighted by atomic mass is 16.5. The molecule has 3 nitrogen and oxygen atoms in total. The number of aromatic hydroxyl groups is 1. The van der Waals surface area contributed by atoms with Crippen molar-refractivity contribution in [1.82, 2.24) is 0 Å². The van der Waals surface area contributed by atoms with Gasteiger partial charge in [0.2, 0.25) is 0 Å². The van der Waals surface area contributed by atoms with Crippen LogP contribution >= 0.6 is 0 Å². The highest BCUT2D eigenvalue weighted by molar-refractivity contribution is 5.99. The molecule has 0 heterocycles. The zero-order valence-corrected chi connectivity index (χ0v) is 23.4. The largest absolute Gasteiger partial charge is 0.508 e. The summed E-state index contributed by atoms with van der Waals surface area (Å²) in [5.74, 6) is -0.0982. The normalized spacial score (nSPS) is 11.6. The van der Waals surface area contributed by atoms with Crippen molar-refractivity contribution in [3.8, 4) is 16.9 Å². The molecule has 0 aromatic heterocycles. The van der Waals surface area contributed by atoms with Crippen LogP contribution in [0, 0.1) is 0 Å². The third-order valence-electron chi connectivity index (χ3n) is 6.95. The van der Waals surface area contributed by atoms with Crippen LogP contribution in [0.3, 0.4) is 0 Å². The number of hydrogen-bond acceptors (Lipinski definition) is 3. The highest BCUT2D eigenvalue weighted by Crippen LogP contribution is 2.41. The number of unbranched alkanes of at least 4 members (excludes halogenated alkanes) is 13. The number of hydrogen-bond donors (Lipinski definition) is 1. The van der Waals surface area contributed by atoms with Crippen molar-refractivity contribution in [3.63, 3.8) is 0 Å². The molecular formula is C33H50O3. The molecule has 36 heavy (non-hydrogen) atoms. The van der Waals surface area contributed by atoms with Crippen LogP contribution in [0.25, 0.3) is 11.1 Å². The first-order valence-corrected chi connectivity index (χ1v) is 14.4. The summed E-state index contributed by atoms with van der Waals surface area (Å²) >= 11 is 0. The molecule has 0 aliphatic rings. The van der Waals surface area contributed by atoms with E-state index in [1.165, 1.54) is 77.0 Å². The van der Waals surface area contributed by atoms with Gasteiger partial charge in [0.15, 0.2) is 0 Å². The van der Waals surface area contributed by atoms with Crippen molar-refractivity contribution in [2.45, 2.75) is 123 Å². The molecule has 0 saturated heterocycles. The summed E-state index contributed by atoms with van der Waals surface area (Å²) in [5.41, 5.74) is 2.67. The van der Waals surface area contributed by atoms with Gasteiger partial charge in [0.25, 0.3) is 0 Å². The molecule has 0 aliphatic heterocycles. The molecule has 200 valence electrons. The third-order valence-corrected chi connectivity index (χ3v) is 6.95. The van der Waals surface area contributed by atoms with Crippen molar-refractivity contribution < 1.29 is 14.6 Å².